The molecule has 0 aromatic heterocycles. The summed E-state index contributed by atoms with van der Waals surface area (Å²) in [6.45, 7) is 3.43. The SMILES string of the molecule is CC1C2CCCCC2C(COC2CCCC(O)O2)C2CCCCC12. The molecular formula is C21H36O3. The highest BCUT2D eigenvalue weighted by atomic mass is 16.7. The standard InChI is InChI=1S/C21H36O3/c1-14-15-7-2-4-9-17(15)19(18-10-5-3-8-16(14)18)13-23-21-12-6-11-20(22)24-21/h14-22H,2-13H2,1H3. The van der Waals surface area contributed by atoms with Gasteiger partial charge in [-0.2, -0.15) is 0 Å². The first-order valence-electron chi connectivity index (χ1n) is 10.7. The summed E-state index contributed by atoms with van der Waals surface area (Å²) in [5.41, 5.74) is 0. The van der Waals surface area contributed by atoms with E-state index in [1.807, 2.05) is 0 Å². The number of aliphatic hydroxyl groups excluding tert-OH is 1. The van der Waals surface area contributed by atoms with E-state index in [0.717, 1.165) is 61.4 Å². The maximum absolute atomic E-state index is 9.72. The van der Waals surface area contributed by atoms with E-state index in [2.05, 4.69) is 6.92 Å². The molecular weight excluding hydrogens is 300 g/mol. The van der Waals surface area contributed by atoms with Gasteiger partial charge >= 0.3 is 0 Å². The Hall–Kier alpha value is -0.120. The Morgan fingerprint density at radius 2 is 1.38 bits per heavy atom. The van der Waals surface area contributed by atoms with Gasteiger partial charge in [-0.25, -0.2) is 0 Å². The normalized spacial score (nSPS) is 49.2. The van der Waals surface area contributed by atoms with Crippen LogP contribution in [-0.4, -0.2) is 24.3 Å². The number of hydrogen-bond donors (Lipinski definition) is 1. The fraction of sp³-hybridized carbons (Fsp3) is 1.00. The van der Waals surface area contributed by atoms with Crippen molar-refractivity contribution >= 4 is 0 Å². The maximum Gasteiger partial charge on any atom is 0.160 e. The molecule has 3 nitrogen and oxygen atoms in total. The highest BCUT2D eigenvalue weighted by Gasteiger charge is 2.49. The first-order valence-corrected chi connectivity index (χ1v) is 10.7. The molecule has 6 unspecified atom stereocenters. The second kappa shape index (κ2) is 7.63. The van der Waals surface area contributed by atoms with Gasteiger partial charge in [-0.15, -0.1) is 0 Å². The molecule has 6 atom stereocenters. The molecule has 0 spiro atoms. The number of hydrogen-bond acceptors (Lipinski definition) is 3. The molecule has 1 saturated heterocycles. The quantitative estimate of drug-likeness (QED) is 0.810. The highest BCUT2D eigenvalue weighted by Crippen LogP contribution is 2.55. The minimum atomic E-state index is -0.611. The molecule has 3 aliphatic carbocycles. The van der Waals surface area contributed by atoms with Crippen molar-refractivity contribution in [1.82, 2.24) is 0 Å². The van der Waals surface area contributed by atoms with E-state index in [4.69, 9.17) is 9.47 Å². The molecule has 138 valence electrons. The van der Waals surface area contributed by atoms with Crippen LogP contribution in [0.5, 0.6) is 0 Å². The minimum absolute atomic E-state index is 0.169. The predicted molar refractivity (Wildman–Crippen MR) is 94.2 cm³/mol. The Kier molecular flexibility index (Phi) is 5.50. The van der Waals surface area contributed by atoms with Crippen LogP contribution in [0.15, 0.2) is 0 Å². The third-order valence-electron chi connectivity index (χ3n) is 7.87. The van der Waals surface area contributed by atoms with E-state index in [1.54, 1.807) is 0 Å². The van der Waals surface area contributed by atoms with Crippen LogP contribution in [0, 0.1) is 35.5 Å². The molecule has 0 bridgehead atoms. The average molecular weight is 337 g/mol. The molecule has 0 aromatic rings. The Morgan fingerprint density at radius 3 is 1.96 bits per heavy atom. The van der Waals surface area contributed by atoms with Gasteiger partial charge in [0.2, 0.25) is 0 Å². The first-order chi connectivity index (χ1) is 11.7. The summed E-state index contributed by atoms with van der Waals surface area (Å²) in [6.07, 6.45) is 13.4. The van der Waals surface area contributed by atoms with Crippen molar-refractivity contribution < 1.29 is 14.6 Å². The van der Waals surface area contributed by atoms with Gasteiger partial charge in [-0.3, -0.25) is 0 Å². The topological polar surface area (TPSA) is 38.7 Å². The second-order valence-corrected chi connectivity index (χ2v) is 9.03. The number of ether oxygens (including phenoxy) is 2. The Bertz CT molecular complexity index is 388. The molecule has 0 radical (unpaired) electrons. The smallest absolute Gasteiger partial charge is 0.160 e. The van der Waals surface area contributed by atoms with Crippen LogP contribution in [0.4, 0.5) is 0 Å². The van der Waals surface area contributed by atoms with Crippen molar-refractivity contribution in [3.63, 3.8) is 0 Å². The zero-order valence-electron chi connectivity index (χ0n) is 15.4. The monoisotopic (exact) mass is 336 g/mol. The lowest BCUT2D eigenvalue weighted by Crippen LogP contribution is -2.49. The van der Waals surface area contributed by atoms with Crippen LogP contribution in [0.1, 0.15) is 77.6 Å². The summed E-state index contributed by atoms with van der Waals surface area (Å²) in [5.74, 6) is 5.28. The zero-order chi connectivity index (χ0) is 16.5. The largest absolute Gasteiger partial charge is 0.368 e. The van der Waals surface area contributed by atoms with E-state index in [0.29, 0.717) is 0 Å². The molecule has 1 heterocycles. The van der Waals surface area contributed by atoms with Crippen molar-refractivity contribution in [2.45, 2.75) is 90.1 Å². The van der Waals surface area contributed by atoms with Crippen molar-refractivity contribution in [3.05, 3.63) is 0 Å². The second-order valence-electron chi connectivity index (χ2n) is 9.03. The predicted octanol–water partition coefficient (Wildman–Crippen LogP) is 4.73. The summed E-state index contributed by atoms with van der Waals surface area (Å²) in [7, 11) is 0. The van der Waals surface area contributed by atoms with Crippen molar-refractivity contribution in [3.8, 4) is 0 Å². The van der Waals surface area contributed by atoms with Gasteiger partial charge in [0, 0.05) is 0 Å². The molecule has 1 aliphatic heterocycles. The van der Waals surface area contributed by atoms with Crippen LogP contribution in [0.2, 0.25) is 0 Å². The summed E-state index contributed by atoms with van der Waals surface area (Å²) >= 11 is 0. The molecule has 3 saturated carbocycles. The number of aliphatic hydroxyl groups is 1. The number of rotatable bonds is 3. The third-order valence-corrected chi connectivity index (χ3v) is 7.87. The first kappa shape index (κ1) is 17.3. The molecule has 0 amide bonds. The lowest BCUT2D eigenvalue weighted by atomic mass is 9.51. The van der Waals surface area contributed by atoms with E-state index >= 15 is 0 Å². The lowest BCUT2D eigenvalue weighted by molar-refractivity contribution is -0.260. The third kappa shape index (κ3) is 3.41. The van der Waals surface area contributed by atoms with Crippen LogP contribution in [0.3, 0.4) is 0 Å². The summed E-state index contributed by atoms with van der Waals surface area (Å²) in [4.78, 5) is 0. The van der Waals surface area contributed by atoms with E-state index in [1.165, 1.54) is 51.4 Å². The average Bonchev–Trinajstić information content (AvgIpc) is 2.62. The fourth-order valence-electron chi connectivity index (χ4n) is 6.74. The molecule has 24 heavy (non-hydrogen) atoms. The summed E-state index contributed by atoms with van der Waals surface area (Å²) in [5, 5.41) is 9.72. The Labute approximate surface area is 147 Å². The van der Waals surface area contributed by atoms with Crippen molar-refractivity contribution in [1.29, 1.82) is 0 Å². The van der Waals surface area contributed by atoms with Crippen LogP contribution < -0.4 is 0 Å². The van der Waals surface area contributed by atoms with Crippen LogP contribution in [-0.2, 0) is 9.47 Å². The van der Waals surface area contributed by atoms with Gasteiger partial charge in [0.05, 0.1) is 6.61 Å². The Morgan fingerprint density at radius 1 is 0.792 bits per heavy atom. The fourth-order valence-corrected chi connectivity index (χ4v) is 6.74. The van der Waals surface area contributed by atoms with Gasteiger partial charge < -0.3 is 14.6 Å². The summed E-state index contributed by atoms with van der Waals surface area (Å²) < 4.78 is 11.8. The van der Waals surface area contributed by atoms with Gasteiger partial charge in [0.1, 0.15) is 0 Å². The van der Waals surface area contributed by atoms with E-state index < -0.39 is 6.29 Å². The number of fused-ring (bicyclic) bond motifs is 2. The Balaban J connectivity index is 1.45. The zero-order valence-corrected chi connectivity index (χ0v) is 15.4. The molecule has 4 rings (SSSR count). The summed E-state index contributed by atoms with van der Waals surface area (Å²) in [6, 6.07) is 0. The van der Waals surface area contributed by atoms with E-state index in [9.17, 15) is 5.11 Å². The molecule has 4 fully saturated rings. The van der Waals surface area contributed by atoms with E-state index in [-0.39, 0.29) is 6.29 Å². The minimum Gasteiger partial charge on any atom is -0.368 e. The van der Waals surface area contributed by atoms with Gasteiger partial charge in [-0.1, -0.05) is 32.6 Å². The van der Waals surface area contributed by atoms with Crippen molar-refractivity contribution in [2.24, 2.45) is 35.5 Å². The highest BCUT2D eigenvalue weighted by molar-refractivity contribution is 4.98. The van der Waals surface area contributed by atoms with Crippen molar-refractivity contribution in [2.75, 3.05) is 6.61 Å². The van der Waals surface area contributed by atoms with Gasteiger partial charge in [0.25, 0.3) is 0 Å². The van der Waals surface area contributed by atoms with Gasteiger partial charge in [0.15, 0.2) is 12.6 Å². The molecule has 3 heteroatoms. The maximum atomic E-state index is 9.72. The van der Waals surface area contributed by atoms with Crippen LogP contribution >= 0.6 is 0 Å². The molecule has 1 N–H and O–H groups in total. The molecule has 4 aliphatic rings. The van der Waals surface area contributed by atoms with Gasteiger partial charge in [-0.05, 0) is 80.5 Å². The van der Waals surface area contributed by atoms with Crippen LogP contribution in [0.25, 0.3) is 0 Å². The molecule has 0 aromatic carbocycles. The lowest BCUT2D eigenvalue weighted by Gasteiger charge is -2.55.